The van der Waals surface area contributed by atoms with Crippen molar-refractivity contribution in [2.24, 2.45) is 4.99 Å². The molecule has 2 atom stereocenters. The fourth-order valence-corrected chi connectivity index (χ4v) is 3.14. The quantitative estimate of drug-likeness (QED) is 0.604. The molecule has 23 heavy (non-hydrogen) atoms. The van der Waals surface area contributed by atoms with Gasteiger partial charge < -0.3 is 15.1 Å². The maximum atomic E-state index is 5.53. The lowest BCUT2D eigenvalue weighted by molar-refractivity contribution is 0.258. The Labute approximate surface area is 142 Å². The number of nitrogens with zero attached hydrogens (tertiary/aromatic N) is 2. The molecular formula is C17H26N4OS. The maximum absolute atomic E-state index is 5.53. The topological polar surface area (TPSA) is 52.8 Å². The standard InChI is InChI=1S/C17H26N4OS/c1-13(16-8-6-10-23-16)11-19-17(18-2)20-12-14(21(3)4)15-7-5-9-22-15/h5-10,13-14H,11-12H2,1-4H3,(H2,18,19,20). The summed E-state index contributed by atoms with van der Waals surface area (Å²) in [7, 11) is 5.89. The van der Waals surface area contributed by atoms with Crippen molar-refractivity contribution in [1.82, 2.24) is 15.5 Å². The second-order valence-corrected chi connectivity index (χ2v) is 6.72. The largest absolute Gasteiger partial charge is 0.468 e. The summed E-state index contributed by atoms with van der Waals surface area (Å²) < 4.78 is 5.53. The van der Waals surface area contributed by atoms with Gasteiger partial charge in [-0.05, 0) is 37.7 Å². The summed E-state index contributed by atoms with van der Waals surface area (Å²) in [5.74, 6) is 2.22. The predicted molar refractivity (Wildman–Crippen MR) is 97.2 cm³/mol. The number of thiophene rings is 1. The van der Waals surface area contributed by atoms with Gasteiger partial charge in [0.1, 0.15) is 5.76 Å². The van der Waals surface area contributed by atoms with Gasteiger partial charge in [0.2, 0.25) is 0 Å². The molecule has 0 radical (unpaired) electrons. The minimum Gasteiger partial charge on any atom is -0.468 e. The zero-order valence-corrected chi connectivity index (χ0v) is 15.1. The molecule has 0 spiro atoms. The van der Waals surface area contributed by atoms with Crippen molar-refractivity contribution in [3.05, 3.63) is 46.5 Å². The molecule has 2 rings (SSSR count). The first-order valence-electron chi connectivity index (χ1n) is 7.79. The van der Waals surface area contributed by atoms with Crippen molar-refractivity contribution >= 4 is 17.3 Å². The van der Waals surface area contributed by atoms with E-state index in [2.05, 4.69) is 45.0 Å². The Morgan fingerprint density at radius 1 is 1.26 bits per heavy atom. The van der Waals surface area contributed by atoms with E-state index in [0.29, 0.717) is 5.92 Å². The first kappa shape index (κ1) is 17.6. The van der Waals surface area contributed by atoms with Crippen LogP contribution in [-0.2, 0) is 0 Å². The molecule has 0 saturated heterocycles. The van der Waals surface area contributed by atoms with Crippen molar-refractivity contribution in [3.63, 3.8) is 0 Å². The van der Waals surface area contributed by atoms with Crippen molar-refractivity contribution in [1.29, 1.82) is 0 Å². The fourth-order valence-electron chi connectivity index (χ4n) is 2.35. The first-order chi connectivity index (χ1) is 11.1. The van der Waals surface area contributed by atoms with Crippen molar-refractivity contribution < 1.29 is 4.42 Å². The molecule has 2 unspecified atom stereocenters. The first-order valence-corrected chi connectivity index (χ1v) is 8.67. The van der Waals surface area contributed by atoms with Crippen LogP contribution in [0.3, 0.4) is 0 Å². The van der Waals surface area contributed by atoms with Crippen molar-refractivity contribution in [2.75, 3.05) is 34.2 Å². The Morgan fingerprint density at radius 3 is 2.61 bits per heavy atom. The van der Waals surface area contributed by atoms with Crippen molar-refractivity contribution in [3.8, 4) is 0 Å². The Kier molecular flexibility index (Phi) is 6.67. The summed E-state index contributed by atoms with van der Waals surface area (Å²) in [5.41, 5.74) is 0. The van der Waals surface area contributed by atoms with E-state index < -0.39 is 0 Å². The maximum Gasteiger partial charge on any atom is 0.191 e. The van der Waals surface area contributed by atoms with Crippen LogP contribution in [0, 0.1) is 0 Å². The molecular weight excluding hydrogens is 308 g/mol. The number of nitrogens with one attached hydrogen (secondary N) is 2. The zero-order chi connectivity index (χ0) is 16.7. The van der Waals surface area contributed by atoms with E-state index in [1.165, 1.54) is 4.88 Å². The van der Waals surface area contributed by atoms with Gasteiger partial charge in [0.15, 0.2) is 5.96 Å². The minimum atomic E-state index is 0.165. The van der Waals surface area contributed by atoms with Gasteiger partial charge in [0, 0.05) is 30.9 Å². The number of hydrogen-bond acceptors (Lipinski definition) is 4. The summed E-state index contributed by atoms with van der Waals surface area (Å²) in [4.78, 5) is 7.82. The van der Waals surface area contributed by atoms with E-state index in [4.69, 9.17) is 4.42 Å². The van der Waals surface area contributed by atoms with Crippen LogP contribution in [0.1, 0.15) is 29.5 Å². The number of likely N-dealkylation sites (N-methyl/N-ethyl adjacent to an activating group) is 1. The van der Waals surface area contributed by atoms with Gasteiger partial charge in [-0.3, -0.25) is 9.89 Å². The zero-order valence-electron chi connectivity index (χ0n) is 14.2. The summed E-state index contributed by atoms with van der Waals surface area (Å²) in [5, 5.41) is 8.89. The van der Waals surface area contributed by atoms with E-state index in [9.17, 15) is 0 Å². The van der Waals surface area contributed by atoms with E-state index in [1.54, 1.807) is 24.6 Å². The van der Waals surface area contributed by atoms with Crippen LogP contribution < -0.4 is 10.6 Å². The highest BCUT2D eigenvalue weighted by molar-refractivity contribution is 7.10. The highest BCUT2D eigenvalue weighted by Crippen LogP contribution is 2.20. The smallest absolute Gasteiger partial charge is 0.191 e. The SMILES string of the molecule is CN=C(NCC(C)c1cccs1)NCC(c1ccco1)N(C)C. The average molecular weight is 334 g/mol. The predicted octanol–water partition coefficient (Wildman–Crippen LogP) is 2.91. The third-order valence-corrected chi connectivity index (χ3v) is 4.89. The van der Waals surface area contributed by atoms with E-state index in [-0.39, 0.29) is 6.04 Å². The summed E-state index contributed by atoms with van der Waals surface area (Å²) in [6.07, 6.45) is 1.71. The molecule has 2 aromatic rings. The molecule has 0 aliphatic carbocycles. The normalized spacial score (nSPS) is 14.7. The number of guanidine groups is 1. The average Bonchev–Trinajstić information content (AvgIpc) is 3.23. The molecule has 2 N–H and O–H groups in total. The third kappa shape index (κ3) is 5.11. The minimum absolute atomic E-state index is 0.165. The van der Waals surface area contributed by atoms with E-state index >= 15 is 0 Å². The van der Waals surface area contributed by atoms with Crippen LogP contribution in [0.2, 0.25) is 0 Å². The van der Waals surface area contributed by atoms with Gasteiger partial charge in [0.25, 0.3) is 0 Å². The second kappa shape index (κ2) is 8.74. The number of hydrogen-bond donors (Lipinski definition) is 2. The molecule has 0 bridgehead atoms. The Morgan fingerprint density at radius 2 is 2.04 bits per heavy atom. The van der Waals surface area contributed by atoms with Gasteiger partial charge in [-0.15, -0.1) is 11.3 Å². The van der Waals surface area contributed by atoms with Crippen LogP contribution in [-0.4, -0.2) is 45.1 Å². The Hall–Kier alpha value is -1.79. The van der Waals surface area contributed by atoms with Crippen LogP contribution in [0.5, 0.6) is 0 Å². The molecule has 5 nitrogen and oxygen atoms in total. The molecule has 2 heterocycles. The van der Waals surface area contributed by atoms with E-state index in [0.717, 1.165) is 24.8 Å². The van der Waals surface area contributed by atoms with Gasteiger partial charge >= 0.3 is 0 Å². The van der Waals surface area contributed by atoms with Gasteiger partial charge in [-0.2, -0.15) is 0 Å². The molecule has 0 aromatic carbocycles. The number of aliphatic imine (C=N–C) groups is 1. The highest BCUT2D eigenvalue weighted by Gasteiger charge is 2.17. The Balaban J connectivity index is 1.84. The molecule has 126 valence electrons. The van der Waals surface area contributed by atoms with Gasteiger partial charge in [0.05, 0.1) is 12.3 Å². The number of rotatable bonds is 7. The molecule has 0 aliphatic rings. The van der Waals surface area contributed by atoms with Gasteiger partial charge in [-0.25, -0.2) is 0 Å². The molecule has 0 saturated carbocycles. The summed E-state index contributed by atoms with van der Waals surface area (Å²) in [6.45, 7) is 3.80. The number of furan rings is 1. The molecule has 2 aromatic heterocycles. The summed E-state index contributed by atoms with van der Waals surface area (Å²) >= 11 is 1.79. The molecule has 6 heteroatoms. The highest BCUT2D eigenvalue weighted by atomic mass is 32.1. The Bertz CT molecular complexity index is 578. The van der Waals surface area contributed by atoms with Crippen LogP contribution in [0.25, 0.3) is 0 Å². The monoisotopic (exact) mass is 334 g/mol. The second-order valence-electron chi connectivity index (χ2n) is 5.75. The van der Waals surface area contributed by atoms with E-state index in [1.807, 2.05) is 26.2 Å². The van der Waals surface area contributed by atoms with Crippen LogP contribution in [0.15, 0.2) is 45.3 Å². The fraction of sp³-hybridized carbons (Fsp3) is 0.471. The van der Waals surface area contributed by atoms with Gasteiger partial charge in [-0.1, -0.05) is 13.0 Å². The third-order valence-electron chi connectivity index (χ3n) is 3.79. The summed E-state index contributed by atoms with van der Waals surface area (Å²) in [6, 6.07) is 8.35. The molecule has 0 fully saturated rings. The lowest BCUT2D eigenvalue weighted by Crippen LogP contribution is -2.42. The van der Waals surface area contributed by atoms with Crippen LogP contribution in [0.4, 0.5) is 0 Å². The molecule has 0 aliphatic heterocycles. The van der Waals surface area contributed by atoms with Crippen LogP contribution >= 0.6 is 11.3 Å². The lowest BCUT2D eigenvalue weighted by atomic mass is 10.1. The van der Waals surface area contributed by atoms with Crippen molar-refractivity contribution in [2.45, 2.75) is 18.9 Å². The molecule has 0 amide bonds. The lowest BCUT2D eigenvalue weighted by Gasteiger charge is -2.24.